The Balaban J connectivity index is 0.00000341. The van der Waals surface area contributed by atoms with Crippen LogP contribution < -0.4 is 10.6 Å². The fourth-order valence-electron chi connectivity index (χ4n) is 3.67. The number of sulfone groups is 1. The lowest BCUT2D eigenvalue weighted by atomic mass is 10.1. The highest BCUT2D eigenvalue weighted by Crippen LogP contribution is 2.28. The summed E-state index contributed by atoms with van der Waals surface area (Å²) in [6.45, 7) is 6.63. The van der Waals surface area contributed by atoms with Crippen LogP contribution in [-0.2, 0) is 16.3 Å². The first kappa shape index (κ1) is 26.1. The van der Waals surface area contributed by atoms with Gasteiger partial charge in [-0.25, -0.2) is 8.42 Å². The van der Waals surface area contributed by atoms with Crippen LogP contribution in [0, 0.1) is 0 Å². The number of aliphatic imine (C=N–C) groups is 1. The molecule has 1 atom stereocenters. The van der Waals surface area contributed by atoms with E-state index >= 15 is 0 Å². The average Bonchev–Trinajstić information content (AvgIpc) is 3.43. The van der Waals surface area contributed by atoms with Crippen molar-refractivity contribution < 1.29 is 8.42 Å². The van der Waals surface area contributed by atoms with Crippen LogP contribution in [0.1, 0.15) is 36.2 Å². The van der Waals surface area contributed by atoms with Gasteiger partial charge in [-0.15, -0.1) is 35.3 Å². The number of likely N-dealkylation sites (tertiary alicyclic amines) is 1. The average molecular weight is 577 g/mol. The maximum atomic E-state index is 11.6. The van der Waals surface area contributed by atoms with Crippen molar-refractivity contribution in [2.24, 2.45) is 4.99 Å². The molecule has 0 amide bonds. The summed E-state index contributed by atoms with van der Waals surface area (Å²) < 4.78 is 23.2. The van der Waals surface area contributed by atoms with E-state index in [0.717, 1.165) is 50.7 Å². The molecule has 0 radical (unpaired) electrons. The SMILES string of the molecule is CCNC(=NCC(c1cccs1)N1CCCC1)NCCc1ccc(S(C)(=O)=O)cc1.I. The second-order valence-corrected chi connectivity index (χ2v) is 10.6. The molecule has 1 aromatic carbocycles. The summed E-state index contributed by atoms with van der Waals surface area (Å²) in [5.74, 6) is 0.825. The molecule has 1 unspecified atom stereocenters. The topological polar surface area (TPSA) is 73.8 Å². The smallest absolute Gasteiger partial charge is 0.191 e. The third-order valence-electron chi connectivity index (χ3n) is 5.28. The molecule has 2 aromatic rings. The quantitative estimate of drug-likeness (QED) is 0.271. The molecule has 2 N–H and O–H groups in total. The van der Waals surface area contributed by atoms with Crippen LogP contribution in [0.2, 0.25) is 0 Å². The number of hydrogen-bond donors (Lipinski definition) is 2. The van der Waals surface area contributed by atoms with Gasteiger partial charge in [-0.3, -0.25) is 9.89 Å². The maximum absolute atomic E-state index is 11.6. The number of nitrogens with one attached hydrogen (secondary N) is 2. The Hall–Kier alpha value is -1.17. The fraction of sp³-hybridized carbons (Fsp3) is 0.500. The van der Waals surface area contributed by atoms with Crippen LogP contribution in [0.3, 0.4) is 0 Å². The predicted molar refractivity (Wildman–Crippen MR) is 141 cm³/mol. The molecule has 3 rings (SSSR count). The minimum atomic E-state index is -3.15. The van der Waals surface area contributed by atoms with Crippen molar-refractivity contribution >= 4 is 51.1 Å². The van der Waals surface area contributed by atoms with E-state index in [1.165, 1.54) is 24.0 Å². The molecule has 0 bridgehead atoms. The van der Waals surface area contributed by atoms with Gasteiger partial charge in [0.1, 0.15) is 0 Å². The summed E-state index contributed by atoms with van der Waals surface area (Å²) in [6.07, 6.45) is 4.56. The molecule has 0 aliphatic carbocycles. The second-order valence-electron chi connectivity index (χ2n) is 7.59. The van der Waals surface area contributed by atoms with E-state index in [-0.39, 0.29) is 24.0 Å². The highest BCUT2D eigenvalue weighted by Gasteiger charge is 2.24. The van der Waals surface area contributed by atoms with Crippen molar-refractivity contribution in [2.45, 2.75) is 37.1 Å². The third kappa shape index (κ3) is 8.03. The first-order chi connectivity index (χ1) is 14.5. The van der Waals surface area contributed by atoms with Crippen molar-refractivity contribution in [3.05, 3.63) is 52.2 Å². The highest BCUT2D eigenvalue weighted by atomic mass is 127. The summed E-state index contributed by atoms with van der Waals surface area (Å²) in [7, 11) is -3.15. The largest absolute Gasteiger partial charge is 0.357 e. The molecule has 0 saturated carbocycles. The number of nitrogens with zero attached hydrogens (tertiary/aromatic N) is 2. The molecule has 6 nitrogen and oxygen atoms in total. The second kappa shape index (κ2) is 12.8. The van der Waals surface area contributed by atoms with E-state index in [4.69, 9.17) is 4.99 Å². The van der Waals surface area contributed by atoms with Crippen LogP contribution in [0.25, 0.3) is 0 Å². The molecule has 9 heteroatoms. The highest BCUT2D eigenvalue weighted by molar-refractivity contribution is 14.0. The lowest BCUT2D eigenvalue weighted by molar-refractivity contribution is 0.255. The van der Waals surface area contributed by atoms with Gasteiger partial charge in [0.05, 0.1) is 17.5 Å². The Morgan fingerprint density at radius 2 is 1.87 bits per heavy atom. The summed E-state index contributed by atoms with van der Waals surface area (Å²) in [4.78, 5) is 9.15. The molecule has 1 aliphatic heterocycles. The van der Waals surface area contributed by atoms with Crippen LogP contribution in [0.4, 0.5) is 0 Å². The molecule has 2 heterocycles. The number of hydrogen-bond acceptors (Lipinski definition) is 5. The van der Waals surface area contributed by atoms with Crippen LogP contribution >= 0.6 is 35.3 Å². The molecule has 1 saturated heterocycles. The zero-order valence-corrected chi connectivity index (χ0v) is 22.2. The van der Waals surface area contributed by atoms with E-state index in [1.807, 2.05) is 12.1 Å². The zero-order chi connectivity index (χ0) is 21.4. The number of rotatable bonds is 9. The minimum Gasteiger partial charge on any atom is -0.357 e. The van der Waals surface area contributed by atoms with E-state index in [1.54, 1.807) is 23.5 Å². The fourth-order valence-corrected chi connectivity index (χ4v) is 5.15. The van der Waals surface area contributed by atoms with Crippen molar-refractivity contribution in [3.63, 3.8) is 0 Å². The van der Waals surface area contributed by atoms with Gasteiger partial charge in [0.2, 0.25) is 0 Å². The van der Waals surface area contributed by atoms with Crippen molar-refractivity contribution in [3.8, 4) is 0 Å². The molecule has 0 spiro atoms. The van der Waals surface area contributed by atoms with E-state index in [0.29, 0.717) is 10.9 Å². The standard InChI is InChI=1S/C22H32N4O2S2.HI/c1-3-23-22(24-13-12-18-8-10-19(11-9-18)30(2,27)28)25-17-20(21-7-6-16-29-21)26-14-4-5-15-26;/h6-11,16,20H,3-5,12-15,17H2,1-2H3,(H2,23,24,25);1H. The van der Waals surface area contributed by atoms with Gasteiger partial charge >= 0.3 is 0 Å². The monoisotopic (exact) mass is 576 g/mol. The Labute approximate surface area is 207 Å². The number of halogens is 1. The Morgan fingerprint density at radius 1 is 1.16 bits per heavy atom. The van der Waals surface area contributed by atoms with Gasteiger partial charge in [0.15, 0.2) is 15.8 Å². The maximum Gasteiger partial charge on any atom is 0.191 e. The van der Waals surface area contributed by atoms with Gasteiger partial charge in [-0.2, -0.15) is 0 Å². The van der Waals surface area contributed by atoms with Crippen LogP contribution in [-0.4, -0.2) is 58.3 Å². The predicted octanol–water partition coefficient (Wildman–Crippen LogP) is 3.70. The normalized spacial score (nSPS) is 16.0. The van der Waals surface area contributed by atoms with Crippen molar-refractivity contribution in [1.82, 2.24) is 15.5 Å². The van der Waals surface area contributed by atoms with Gasteiger partial charge in [0.25, 0.3) is 0 Å². The molecule has 1 aliphatic rings. The van der Waals surface area contributed by atoms with Crippen molar-refractivity contribution in [2.75, 3.05) is 39.0 Å². The van der Waals surface area contributed by atoms with E-state index < -0.39 is 9.84 Å². The molecule has 172 valence electrons. The summed E-state index contributed by atoms with van der Waals surface area (Å²) in [5, 5.41) is 8.88. The molecule has 1 aromatic heterocycles. The number of thiophene rings is 1. The first-order valence-corrected chi connectivity index (χ1v) is 13.3. The zero-order valence-electron chi connectivity index (χ0n) is 18.2. The molecule has 1 fully saturated rings. The summed E-state index contributed by atoms with van der Waals surface area (Å²) in [6, 6.07) is 11.8. The van der Waals surface area contributed by atoms with Gasteiger partial charge in [0, 0.05) is 24.2 Å². The minimum absolute atomic E-state index is 0. The Morgan fingerprint density at radius 3 is 2.45 bits per heavy atom. The molecular weight excluding hydrogens is 543 g/mol. The number of benzene rings is 1. The molecular formula is C22H33IN4O2S2. The lowest BCUT2D eigenvalue weighted by Gasteiger charge is -2.25. The number of guanidine groups is 1. The summed E-state index contributed by atoms with van der Waals surface area (Å²) in [5.41, 5.74) is 1.10. The van der Waals surface area contributed by atoms with Gasteiger partial charge < -0.3 is 10.6 Å². The van der Waals surface area contributed by atoms with E-state index in [9.17, 15) is 8.42 Å². The van der Waals surface area contributed by atoms with Gasteiger partial charge in [-0.05, 0) is 68.4 Å². The van der Waals surface area contributed by atoms with Crippen molar-refractivity contribution in [1.29, 1.82) is 0 Å². The van der Waals surface area contributed by atoms with E-state index in [2.05, 4.69) is 40.0 Å². The Kier molecular flexibility index (Phi) is 10.7. The van der Waals surface area contributed by atoms with Crippen LogP contribution in [0.15, 0.2) is 51.7 Å². The van der Waals surface area contributed by atoms with Crippen LogP contribution in [0.5, 0.6) is 0 Å². The summed E-state index contributed by atoms with van der Waals surface area (Å²) >= 11 is 1.81. The third-order valence-corrected chi connectivity index (χ3v) is 7.38. The first-order valence-electron chi connectivity index (χ1n) is 10.6. The lowest BCUT2D eigenvalue weighted by Crippen LogP contribution is -2.39. The molecule has 31 heavy (non-hydrogen) atoms. The Bertz CT molecular complexity index is 909. The van der Waals surface area contributed by atoms with Gasteiger partial charge in [-0.1, -0.05) is 18.2 Å².